The molecule has 3 rings (SSSR count). The number of carbonyl (C=O) groups is 1. The molecule has 0 aliphatic heterocycles. The van der Waals surface area contributed by atoms with Crippen LogP contribution >= 0.6 is 0 Å². The number of aromatic nitrogens is 2. The molecule has 0 fully saturated rings. The zero-order valence-electron chi connectivity index (χ0n) is 16.3. The minimum Gasteiger partial charge on any atom is -0.495 e. The Morgan fingerprint density at radius 2 is 1.83 bits per heavy atom. The van der Waals surface area contributed by atoms with Crippen molar-refractivity contribution in [1.29, 1.82) is 0 Å². The number of rotatable bonds is 8. The molecule has 0 spiro atoms. The Labute approximate surface area is 170 Å². The molecule has 0 bridgehead atoms. The van der Waals surface area contributed by atoms with Crippen molar-refractivity contribution in [2.75, 3.05) is 12.4 Å². The Morgan fingerprint density at radius 3 is 2.55 bits per heavy atom. The van der Waals surface area contributed by atoms with Crippen molar-refractivity contribution >= 4 is 21.4 Å². The summed E-state index contributed by atoms with van der Waals surface area (Å²) >= 11 is 0. The maximum atomic E-state index is 12.8. The summed E-state index contributed by atoms with van der Waals surface area (Å²) in [6, 6.07) is 16.5. The maximum absolute atomic E-state index is 12.8. The number of hydrogen-bond acceptors (Lipinski definition) is 5. The van der Waals surface area contributed by atoms with Gasteiger partial charge in [-0.3, -0.25) is 4.79 Å². The second kappa shape index (κ2) is 8.91. The number of nitrogens with zero attached hydrogens (tertiary/aromatic N) is 2. The van der Waals surface area contributed by atoms with E-state index >= 15 is 0 Å². The molecule has 0 saturated heterocycles. The summed E-state index contributed by atoms with van der Waals surface area (Å²) in [6.07, 6.45) is 3.30. The molecule has 1 amide bonds. The summed E-state index contributed by atoms with van der Waals surface area (Å²) in [5.74, 6) is -0.0850. The topological polar surface area (TPSA) is 90.3 Å². The smallest absolute Gasteiger partial charge is 0.242 e. The second-order valence-corrected chi connectivity index (χ2v) is 8.92. The first-order valence-corrected chi connectivity index (χ1v) is 10.8. The molecule has 3 aromatic rings. The third-order valence-electron chi connectivity index (χ3n) is 4.60. The molecule has 1 atom stereocenters. The van der Waals surface area contributed by atoms with E-state index in [1.165, 1.54) is 14.0 Å². The lowest BCUT2D eigenvalue weighted by atomic mass is 10.2. The van der Waals surface area contributed by atoms with Crippen LogP contribution < -0.4 is 10.1 Å². The van der Waals surface area contributed by atoms with Crippen molar-refractivity contribution in [2.24, 2.45) is 0 Å². The summed E-state index contributed by atoms with van der Waals surface area (Å²) in [5.41, 5.74) is 1.46. The van der Waals surface area contributed by atoms with Crippen LogP contribution in [0.1, 0.15) is 18.3 Å². The third kappa shape index (κ3) is 5.03. The highest BCUT2D eigenvalue weighted by Gasteiger charge is 2.30. The molecule has 1 heterocycles. The number of anilines is 1. The van der Waals surface area contributed by atoms with Crippen LogP contribution in [0.5, 0.6) is 5.75 Å². The number of sulfone groups is 1. The van der Waals surface area contributed by atoms with Crippen LogP contribution in [0.2, 0.25) is 0 Å². The molecule has 8 heteroatoms. The van der Waals surface area contributed by atoms with E-state index in [2.05, 4.69) is 10.3 Å². The number of benzene rings is 2. The maximum Gasteiger partial charge on any atom is 0.242 e. The highest BCUT2D eigenvalue weighted by Crippen LogP contribution is 2.24. The quantitative estimate of drug-likeness (QED) is 0.613. The standard InChI is InChI=1S/C21H23N3O4S/c1-16(21(25)23-18-10-6-7-11-19(18)28-2)29(26,27)15-20-22-12-13-24(20)14-17-8-4-3-5-9-17/h3-13,16H,14-15H2,1-2H3,(H,23,25). The van der Waals surface area contributed by atoms with E-state index < -0.39 is 21.0 Å². The average molecular weight is 413 g/mol. The minimum atomic E-state index is -3.77. The predicted molar refractivity (Wildman–Crippen MR) is 111 cm³/mol. The summed E-state index contributed by atoms with van der Waals surface area (Å²) in [4.78, 5) is 16.7. The summed E-state index contributed by atoms with van der Waals surface area (Å²) < 4.78 is 32.7. The van der Waals surface area contributed by atoms with Crippen molar-refractivity contribution in [1.82, 2.24) is 9.55 Å². The number of amides is 1. The molecule has 29 heavy (non-hydrogen) atoms. The van der Waals surface area contributed by atoms with E-state index in [4.69, 9.17) is 4.74 Å². The van der Waals surface area contributed by atoms with Gasteiger partial charge in [-0.25, -0.2) is 13.4 Å². The van der Waals surface area contributed by atoms with Gasteiger partial charge in [0.05, 0.1) is 12.8 Å². The highest BCUT2D eigenvalue weighted by atomic mass is 32.2. The van der Waals surface area contributed by atoms with Crippen molar-refractivity contribution < 1.29 is 17.9 Å². The normalized spacial score (nSPS) is 12.3. The van der Waals surface area contributed by atoms with Gasteiger partial charge in [0.15, 0.2) is 9.84 Å². The molecule has 1 N–H and O–H groups in total. The molecule has 1 aromatic heterocycles. The number of para-hydroxylation sites is 2. The fourth-order valence-corrected chi connectivity index (χ4v) is 4.09. The minimum absolute atomic E-state index is 0.326. The van der Waals surface area contributed by atoms with Crippen LogP contribution in [0.15, 0.2) is 67.0 Å². The molecule has 1 unspecified atom stereocenters. The molecule has 0 saturated carbocycles. The van der Waals surface area contributed by atoms with E-state index in [0.29, 0.717) is 23.8 Å². The SMILES string of the molecule is COc1ccccc1NC(=O)C(C)S(=O)(=O)Cc1nccn1Cc1ccccc1. The van der Waals surface area contributed by atoms with Crippen LogP contribution in [-0.4, -0.2) is 36.2 Å². The molecule has 152 valence electrons. The Morgan fingerprint density at radius 1 is 1.14 bits per heavy atom. The predicted octanol–water partition coefficient (Wildman–Crippen LogP) is 2.88. The fourth-order valence-electron chi connectivity index (χ4n) is 2.85. The molecule has 2 aromatic carbocycles. The Balaban J connectivity index is 1.72. The number of hydrogen-bond donors (Lipinski definition) is 1. The van der Waals surface area contributed by atoms with Gasteiger partial charge in [-0.1, -0.05) is 42.5 Å². The fraction of sp³-hybridized carbons (Fsp3) is 0.238. The number of carbonyl (C=O) groups excluding carboxylic acids is 1. The summed E-state index contributed by atoms with van der Waals surface area (Å²) in [7, 11) is -2.29. The highest BCUT2D eigenvalue weighted by molar-refractivity contribution is 7.92. The molecule has 0 aliphatic carbocycles. The van der Waals surface area contributed by atoms with Gasteiger partial charge in [0, 0.05) is 18.9 Å². The Kier molecular flexibility index (Phi) is 6.33. The lowest BCUT2D eigenvalue weighted by Gasteiger charge is -2.15. The number of nitrogens with one attached hydrogen (secondary N) is 1. The van der Waals surface area contributed by atoms with Crippen LogP contribution in [0, 0.1) is 0 Å². The Bertz CT molecular complexity index is 1080. The second-order valence-electron chi connectivity index (χ2n) is 6.60. The summed E-state index contributed by atoms with van der Waals surface area (Å²) in [6.45, 7) is 1.89. The molecule has 7 nitrogen and oxygen atoms in total. The van der Waals surface area contributed by atoms with Crippen LogP contribution in [0.25, 0.3) is 0 Å². The first kappa shape index (κ1) is 20.6. The zero-order chi connectivity index (χ0) is 20.9. The third-order valence-corrected chi connectivity index (χ3v) is 6.55. The van der Waals surface area contributed by atoms with Gasteiger partial charge in [0.1, 0.15) is 22.6 Å². The largest absolute Gasteiger partial charge is 0.495 e. The van der Waals surface area contributed by atoms with E-state index in [0.717, 1.165) is 5.56 Å². The first-order chi connectivity index (χ1) is 13.9. The number of imidazole rings is 1. The number of ether oxygens (including phenoxy) is 1. The van der Waals surface area contributed by atoms with E-state index in [-0.39, 0.29) is 5.75 Å². The van der Waals surface area contributed by atoms with Gasteiger partial charge < -0.3 is 14.6 Å². The lowest BCUT2D eigenvalue weighted by Crippen LogP contribution is -2.34. The molecule has 0 radical (unpaired) electrons. The van der Waals surface area contributed by atoms with Crippen molar-refractivity contribution in [3.8, 4) is 5.75 Å². The average Bonchev–Trinajstić information content (AvgIpc) is 3.14. The van der Waals surface area contributed by atoms with E-state index in [9.17, 15) is 13.2 Å². The molecule has 0 aliphatic rings. The van der Waals surface area contributed by atoms with Gasteiger partial charge in [-0.15, -0.1) is 0 Å². The van der Waals surface area contributed by atoms with Crippen LogP contribution in [0.3, 0.4) is 0 Å². The first-order valence-electron chi connectivity index (χ1n) is 9.10. The van der Waals surface area contributed by atoms with Crippen molar-refractivity contribution in [2.45, 2.75) is 24.5 Å². The monoisotopic (exact) mass is 413 g/mol. The van der Waals surface area contributed by atoms with E-state index in [1.807, 2.05) is 30.3 Å². The van der Waals surface area contributed by atoms with Crippen LogP contribution in [-0.2, 0) is 26.9 Å². The van der Waals surface area contributed by atoms with E-state index in [1.54, 1.807) is 41.2 Å². The Hall–Kier alpha value is -3.13. The molecular weight excluding hydrogens is 390 g/mol. The van der Waals surface area contributed by atoms with Crippen molar-refractivity contribution in [3.63, 3.8) is 0 Å². The summed E-state index contributed by atoms with van der Waals surface area (Å²) in [5, 5.41) is 1.39. The van der Waals surface area contributed by atoms with Gasteiger partial charge in [0.2, 0.25) is 5.91 Å². The zero-order valence-corrected chi connectivity index (χ0v) is 17.1. The van der Waals surface area contributed by atoms with Gasteiger partial charge in [-0.05, 0) is 24.6 Å². The van der Waals surface area contributed by atoms with Crippen LogP contribution in [0.4, 0.5) is 5.69 Å². The lowest BCUT2D eigenvalue weighted by molar-refractivity contribution is -0.115. The number of methoxy groups -OCH3 is 1. The van der Waals surface area contributed by atoms with Gasteiger partial charge in [-0.2, -0.15) is 0 Å². The van der Waals surface area contributed by atoms with Gasteiger partial charge >= 0.3 is 0 Å². The van der Waals surface area contributed by atoms with Crippen molar-refractivity contribution in [3.05, 3.63) is 78.4 Å². The molecular formula is C21H23N3O4S. The van der Waals surface area contributed by atoms with Gasteiger partial charge in [0.25, 0.3) is 0 Å².